The molecule has 36 heavy (non-hydrogen) atoms. The average Bonchev–Trinajstić information content (AvgIpc) is 3.55. The lowest BCUT2D eigenvalue weighted by atomic mass is 9.81. The van der Waals surface area contributed by atoms with Gasteiger partial charge in [-0.25, -0.2) is 0 Å². The molecule has 1 N–H and O–H groups in total. The second-order valence-electron chi connectivity index (χ2n) is 8.99. The van der Waals surface area contributed by atoms with Crippen LogP contribution < -0.4 is 9.64 Å². The van der Waals surface area contributed by atoms with Gasteiger partial charge < -0.3 is 24.4 Å². The number of benzene rings is 2. The van der Waals surface area contributed by atoms with Gasteiger partial charge in [-0.1, -0.05) is 24.3 Å². The summed E-state index contributed by atoms with van der Waals surface area (Å²) in [6.45, 7) is 6.91. The van der Waals surface area contributed by atoms with E-state index in [9.17, 15) is 19.5 Å². The van der Waals surface area contributed by atoms with Crippen LogP contribution in [0.15, 0.2) is 66.8 Å². The second-order valence-corrected chi connectivity index (χ2v) is 8.99. The van der Waals surface area contributed by atoms with E-state index in [-0.39, 0.29) is 24.8 Å². The fourth-order valence-corrected chi connectivity index (χ4v) is 5.44. The monoisotopic (exact) mass is 488 g/mol. The van der Waals surface area contributed by atoms with E-state index in [1.165, 1.54) is 9.80 Å². The van der Waals surface area contributed by atoms with Crippen molar-refractivity contribution in [2.24, 2.45) is 0 Å². The Labute approximate surface area is 209 Å². The first-order valence-electron chi connectivity index (χ1n) is 12.1. The van der Waals surface area contributed by atoms with Crippen LogP contribution in [0.1, 0.15) is 30.9 Å². The van der Waals surface area contributed by atoms with E-state index in [1.54, 1.807) is 54.6 Å². The Balaban J connectivity index is 1.75. The number of carbonyl (C=O) groups excluding carboxylic acids is 3. The van der Waals surface area contributed by atoms with Crippen molar-refractivity contribution in [3.63, 3.8) is 0 Å². The lowest BCUT2D eigenvalue weighted by molar-refractivity contribution is -0.145. The van der Waals surface area contributed by atoms with Crippen molar-refractivity contribution in [1.82, 2.24) is 4.90 Å². The first-order valence-corrected chi connectivity index (χ1v) is 12.1. The van der Waals surface area contributed by atoms with E-state index < -0.39 is 28.9 Å². The smallest absolute Gasteiger partial charge is 0.296 e. The Kier molecular flexibility index (Phi) is 6.14. The maximum atomic E-state index is 14.3. The Morgan fingerprint density at radius 1 is 1.19 bits per heavy atom. The second kappa shape index (κ2) is 9.28. The van der Waals surface area contributed by atoms with Crippen molar-refractivity contribution in [1.29, 1.82) is 0 Å². The number of ketones is 1. The molecule has 186 valence electrons. The molecule has 1 spiro atoms. The third-order valence-electron chi connectivity index (χ3n) is 6.97. The molecule has 0 radical (unpaired) electrons. The average molecular weight is 489 g/mol. The standard InChI is InChI=1S/C28H28N2O6/c1-3-15-29-22-10-6-5-9-21(22)28(27(29)34)23(24(31)18-11-13-19(14-12-18)35-4-2)25(32)26(33)30(28)17-20-8-7-16-36-20/h3,5-6,9-14,20,31H,1,4,7-8,15-17H2,2H3/b24-23-. The van der Waals surface area contributed by atoms with Gasteiger partial charge in [0.1, 0.15) is 11.5 Å². The van der Waals surface area contributed by atoms with Crippen molar-refractivity contribution < 1.29 is 29.0 Å². The minimum absolute atomic E-state index is 0.0621. The summed E-state index contributed by atoms with van der Waals surface area (Å²) in [6.07, 6.45) is 2.83. The van der Waals surface area contributed by atoms with E-state index in [2.05, 4.69) is 6.58 Å². The normalized spacial score (nSPS) is 24.6. The molecule has 2 saturated heterocycles. The number of amides is 2. The molecule has 2 aromatic rings. The van der Waals surface area contributed by atoms with Crippen LogP contribution >= 0.6 is 0 Å². The van der Waals surface area contributed by atoms with E-state index in [4.69, 9.17) is 9.47 Å². The van der Waals surface area contributed by atoms with Crippen LogP contribution in [0.2, 0.25) is 0 Å². The fourth-order valence-electron chi connectivity index (χ4n) is 5.44. The van der Waals surface area contributed by atoms with E-state index >= 15 is 0 Å². The number of aliphatic hydroxyl groups is 1. The Morgan fingerprint density at radius 2 is 1.94 bits per heavy atom. The van der Waals surface area contributed by atoms with Crippen LogP contribution in [-0.4, -0.2) is 60.0 Å². The highest BCUT2D eigenvalue weighted by molar-refractivity contribution is 6.50. The van der Waals surface area contributed by atoms with Crippen LogP contribution in [0.3, 0.4) is 0 Å². The SMILES string of the molecule is C=CCN1C(=O)C2(/C(=C(\O)c3ccc(OCC)cc3)C(=O)C(=O)N2CC2CCCO2)c2ccccc21. The van der Waals surface area contributed by atoms with Crippen LogP contribution in [0.25, 0.3) is 5.76 Å². The van der Waals surface area contributed by atoms with Crippen LogP contribution in [0.4, 0.5) is 5.69 Å². The minimum Gasteiger partial charge on any atom is -0.507 e. The molecule has 0 saturated carbocycles. The molecule has 2 fully saturated rings. The summed E-state index contributed by atoms with van der Waals surface area (Å²) < 4.78 is 11.3. The summed E-state index contributed by atoms with van der Waals surface area (Å²) in [4.78, 5) is 44.2. The highest BCUT2D eigenvalue weighted by atomic mass is 16.5. The lowest BCUT2D eigenvalue weighted by Crippen LogP contribution is -2.53. The molecular formula is C28H28N2O6. The number of aliphatic hydroxyl groups excluding tert-OH is 1. The summed E-state index contributed by atoms with van der Waals surface area (Å²) in [7, 11) is 0. The van der Waals surface area contributed by atoms with Crippen LogP contribution in [-0.2, 0) is 24.7 Å². The molecule has 0 aliphatic carbocycles. The fraction of sp³-hybridized carbons (Fsp3) is 0.321. The van der Waals surface area contributed by atoms with E-state index in [0.717, 1.165) is 6.42 Å². The van der Waals surface area contributed by atoms with Gasteiger partial charge in [0.25, 0.3) is 17.6 Å². The van der Waals surface area contributed by atoms with Crippen LogP contribution in [0.5, 0.6) is 5.75 Å². The van der Waals surface area contributed by atoms with Gasteiger partial charge in [0.2, 0.25) is 0 Å². The zero-order valence-electron chi connectivity index (χ0n) is 20.1. The summed E-state index contributed by atoms with van der Waals surface area (Å²) >= 11 is 0. The molecule has 2 aromatic carbocycles. The van der Waals surface area contributed by atoms with Gasteiger partial charge in [-0.05, 0) is 50.1 Å². The molecule has 0 aromatic heterocycles. The molecule has 3 aliphatic rings. The largest absolute Gasteiger partial charge is 0.507 e. The number of nitrogens with zero attached hydrogens (tertiary/aromatic N) is 2. The summed E-state index contributed by atoms with van der Waals surface area (Å²) in [5, 5.41) is 11.5. The summed E-state index contributed by atoms with van der Waals surface area (Å²) in [5.41, 5.74) is -0.692. The van der Waals surface area contributed by atoms with Gasteiger partial charge >= 0.3 is 0 Å². The first-order chi connectivity index (χ1) is 17.4. The van der Waals surface area contributed by atoms with Gasteiger partial charge in [0, 0.05) is 30.8 Å². The molecule has 2 atom stereocenters. The number of hydrogen-bond acceptors (Lipinski definition) is 6. The summed E-state index contributed by atoms with van der Waals surface area (Å²) in [6, 6.07) is 13.6. The van der Waals surface area contributed by atoms with E-state index in [0.29, 0.717) is 42.2 Å². The van der Waals surface area contributed by atoms with Crippen LogP contribution in [0, 0.1) is 0 Å². The van der Waals surface area contributed by atoms with Gasteiger partial charge in [-0.3, -0.25) is 14.4 Å². The van der Waals surface area contributed by atoms with E-state index in [1.807, 2.05) is 6.92 Å². The minimum atomic E-state index is -1.80. The zero-order valence-corrected chi connectivity index (χ0v) is 20.1. The number of anilines is 1. The molecule has 3 aliphatic heterocycles. The number of rotatable bonds is 7. The quantitative estimate of drug-likeness (QED) is 0.278. The highest BCUT2D eigenvalue weighted by Crippen LogP contribution is 2.53. The van der Waals surface area contributed by atoms with Crippen molar-refractivity contribution in [3.8, 4) is 5.75 Å². The Hall–Kier alpha value is -3.91. The van der Waals surface area contributed by atoms with Crippen molar-refractivity contribution in [2.45, 2.75) is 31.4 Å². The van der Waals surface area contributed by atoms with Crippen molar-refractivity contribution >= 4 is 29.0 Å². The molecule has 0 bridgehead atoms. The number of Topliss-reactive ketones (excluding diaryl/α,β-unsaturated/α-hetero) is 1. The third-order valence-corrected chi connectivity index (χ3v) is 6.97. The lowest BCUT2D eigenvalue weighted by Gasteiger charge is -2.35. The molecule has 8 nitrogen and oxygen atoms in total. The third kappa shape index (κ3) is 3.44. The van der Waals surface area contributed by atoms with Crippen molar-refractivity contribution in [3.05, 3.63) is 77.9 Å². The molecule has 5 rings (SSSR count). The number of carbonyl (C=O) groups is 3. The van der Waals surface area contributed by atoms with Gasteiger partial charge in [0.15, 0.2) is 5.54 Å². The molecule has 8 heteroatoms. The highest BCUT2D eigenvalue weighted by Gasteiger charge is 2.67. The van der Waals surface area contributed by atoms with Crippen molar-refractivity contribution in [2.75, 3.05) is 31.2 Å². The number of likely N-dealkylation sites (tertiary alicyclic amines) is 1. The number of fused-ring (bicyclic) bond motifs is 2. The van der Waals surface area contributed by atoms with Gasteiger partial charge in [-0.2, -0.15) is 0 Å². The van der Waals surface area contributed by atoms with Gasteiger partial charge in [-0.15, -0.1) is 6.58 Å². The predicted octanol–water partition coefficient (Wildman–Crippen LogP) is 3.37. The molecule has 3 heterocycles. The Bertz CT molecular complexity index is 1260. The predicted molar refractivity (Wildman–Crippen MR) is 134 cm³/mol. The molecule has 2 amide bonds. The maximum absolute atomic E-state index is 14.3. The first kappa shape index (κ1) is 23.8. The zero-order chi connectivity index (χ0) is 25.4. The summed E-state index contributed by atoms with van der Waals surface area (Å²) in [5.74, 6) is -2.02. The Morgan fingerprint density at radius 3 is 2.61 bits per heavy atom. The molecule has 2 unspecified atom stereocenters. The number of para-hydroxylation sites is 1. The maximum Gasteiger partial charge on any atom is 0.296 e. The number of ether oxygens (including phenoxy) is 2. The molecular weight excluding hydrogens is 460 g/mol. The van der Waals surface area contributed by atoms with Gasteiger partial charge in [0.05, 0.1) is 24.0 Å². The topological polar surface area (TPSA) is 96.4 Å². The number of hydrogen-bond donors (Lipinski definition) is 1.